The Hall–Kier alpha value is -4.59. The second-order valence-corrected chi connectivity index (χ2v) is 8.38. The van der Waals surface area contributed by atoms with Crippen LogP contribution >= 0.6 is 0 Å². The first-order chi connectivity index (χ1) is 17.0. The predicted octanol–water partition coefficient (Wildman–Crippen LogP) is 4.39. The summed E-state index contributed by atoms with van der Waals surface area (Å²) in [4.78, 5) is 29.6. The number of nitrogens with one attached hydrogen (secondary N) is 3. The fourth-order valence-corrected chi connectivity index (χ4v) is 4.10. The average molecular weight is 468 g/mol. The number of fused-ring (bicyclic) bond motifs is 10. The number of benzene rings is 3. The van der Waals surface area contributed by atoms with E-state index in [1.54, 1.807) is 12.3 Å². The number of aromatic nitrogens is 1. The fourth-order valence-electron chi connectivity index (χ4n) is 4.10. The van der Waals surface area contributed by atoms with Gasteiger partial charge in [0, 0.05) is 35.9 Å². The number of rotatable bonds is 2. The number of anilines is 3. The zero-order valence-corrected chi connectivity index (χ0v) is 19.0. The first-order valence-corrected chi connectivity index (χ1v) is 11.4. The Labute approximate surface area is 202 Å². The van der Waals surface area contributed by atoms with Crippen molar-refractivity contribution in [3.8, 4) is 0 Å². The number of carbonyl (C=O) groups excluding carboxylic acids is 2. The molecule has 0 unspecified atom stereocenters. The molecule has 0 saturated heterocycles. The topological polar surface area (TPSA) is 118 Å². The second-order valence-electron chi connectivity index (χ2n) is 8.38. The van der Waals surface area contributed by atoms with E-state index in [1.165, 1.54) is 0 Å². The summed E-state index contributed by atoms with van der Waals surface area (Å²) in [6, 6.07) is 22.0. The second kappa shape index (κ2) is 9.72. The smallest absolute Gasteiger partial charge is 0.411 e. The molecule has 1 atom stereocenters. The first kappa shape index (κ1) is 22.2. The molecule has 35 heavy (non-hydrogen) atoms. The van der Waals surface area contributed by atoms with Gasteiger partial charge in [0.2, 0.25) is 5.91 Å². The monoisotopic (exact) mass is 467 g/mol. The molecule has 1 aromatic heterocycles. The molecule has 0 radical (unpaired) electrons. The van der Waals surface area contributed by atoms with Gasteiger partial charge in [-0.05, 0) is 58.5 Å². The Morgan fingerprint density at radius 3 is 2.69 bits per heavy atom. The van der Waals surface area contributed by atoms with Crippen LogP contribution < -0.4 is 21.7 Å². The van der Waals surface area contributed by atoms with Gasteiger partial charge in [0.15, 0.2) is 0 Å². The maximum absolute atomic E-state index is 13.4. The molecule has 5 N–H and O–H groups in total. The van der Waals surface area contributed by atoms with E-state index >= 15 is 0 Å². The third-order valence-electron chi connectivity index (χ3n) is 5.95. The summed E-state index contributed by atoms with van der Waals surface area (Å²) in [5.41, 5.74) is 10.1. The molecule has 8 heteroatoms. The van der Waals surface area contributed by atoms with Gasteiger partial charge < -0.3 is 21.1 Å². The van der Waals surface area contributed by atoms with Gasteiger partial charge in [0.1, 0.15) is 11.9 Å². The van der Waals surface area contributed by atoms with E-state index in [0.717, 1.165) is 33.2 Å². The summed E-state index contributed by atoms with van der Waals surface area (Å²) in [7, 11) is 0. The van der Waals surface area contributed by atoms with Crippen LogP contribution in [0.3, 0.4) is 0 Å². The quantitative estimate of drug-likeness (QED) is 0.347. The van der Waals surface area contributed by atoms with Crippen molar-refractivity contribution in [3.63, 3.8) is 0 Å². The van der Waals surface area contributed by atoms with E-state index in [2.05, 4.69) is 20.9 Å². The Morgan fingerprint density at radius 1 is 0.971 bits per heavy atom. The molecular weight excluding hydrogens is 442 g/mol. The van der Waals surface area contributed by atoms with Crippen molar-refractivity contribution in [2.45, 2.75) is 19.0 Å². The summed E-state index contributed by atoms with van der Waals surface area (Å²) in [5, 5.41) is 10.9. The van der Waals surface area contributed by atoms with Gasteiger partial charge >= 0.3 is 6.09 Å². The van der Waals surface area contributed by atoms with Gasteiger partial charge in [-0.25, -0.2) is 9.78 Å². The molecule has 0 aliphatic carbocycles. The van der Waals surface area contributed by atoms with E-state index in [9.17, 15) is 9.59 Å². The van der Waals surface area contributed by atoms with Crippen molar-refractivity contribution in [1.82, 2.24) is 10.3 Å². The molecule has 6 rings (SSSR count). The molecule has 8 nitrogen and oxygen atoms in total. The molecule has 4 aromatic rings. The predicted molar refractivity (Wildman–Crippen MR) is 136 cm³/mol. The molecule has 4 bridgehead atoms. The van der Waals surface area contributed by atoms with Gasteiger partial charge in [-0.15, -0.1) is 0 Å². The number of pyridine rings is 1. The van der Waals surface area contributed by atoms with E-state index in [0.29, 0.717) is 24.5 Å². The minimum absolute atomic E-state index is 0.169. The summed E-state index contributed by atoms with van der Waals surface area (Å²) in [5.74, 6) is 0.298. The highest BCUT2D eigenvalue weighted by Gasteiger charge is 2.21. The van der Waals surface area contributed by atoms with Gasteiger partial charge in [0.05, 0.1) is 6.61 Å². The molecule has 0 saturated carbocycles. The normalized spacial score (nSPS) is 16.3. The van der Waals surface area contributed by atoms with Crippen LogP contribution in [0.15, 0.2) is 79.0 Å². The van der Waals surface area contributed by atoms with E-state index in [-0.39, 0.29) is 12.5 Å². The molecule has 2 aliphatic rings. The third-order valence-corrected chi connectivity index (χ3v) is 5.95. The van der Waals surface area contributed by atoms with E-state index in [4.69, 9.17) is 10.5 Å². The summed E-state index contributed by atoms with van der Waals surface area (Å²) >= 11 is 0. The Morgan fingerprint density at radius 2 is 1.83 bits per heavy atom. The van der Waals surface area contributed by atoms with Crippen LogP contribution in [0.1, 0.15) is 22.7 Å². The number of carbonyl (C=O) groups is 2. The van der Waals surface area contributed by atoms with Crippen LogP contribution in [0.4, 0.5) is 22.0 Å². The number of hydrogen-bond acceptors (Lipinski definition) is 6. The van der Waals surface area contributed by atoms with E-state index in [1.807, 2.05) is 66.7 Å². The van der Waals surface area contributed by atoms with Crippen LogP contribution in [0.25, 0.3) is 10.8 Å². The highest BCUT2D eigenvalue weighted by atomic mass is 16.5. The number of ether oxygens (including phenoxy) is 1. The molecule has 0 fully saturated rings. The zero-order chi connectivity index (χ0) is 24.2. The van der Waals surface area contributed by atoms with Crippen molar-refractivity contribution in [2.24, 2.45) is 0 Å². The lowest BCUT2D eigenvalue weighted by Gasteiger charge is -2.21. The number of nitrogen functional groups attached to an aromatic ring is 1. The molecular formula is C27H25N5O3. The van der Waals surface area contributed by atoms with E-state index < -0.39 is 12.1 Å². The lowest BCUT2D eigenvalue weighted by molar-refractivity contribution is -0.122. The molecule has 2 aliphatic heterocycles. The van der Waals surface area contributed by atoms with Gasteiger partial charge in [-0.2, -0.15) is 0 Å². The third kappa shape index (κ3) is 5.16. The minimum atomic E-state index is -0.618. The fraction of sp³-hybridized carbons (Fsp3) is 0.148. The summed E-state index contributed by atoms with van der Waals surface area (Å²) in [6.45, 7) is 0.557. The number of amides is 2. The Balaban J connectivity index is 1.46. The SMILES string of the molecule is Nc1nccc2cc(N[C@H]3C(=O)NCc4cccc(c4)NC(=O)OCCc4ccc3cc4)ccc12. The minimum Gasteiger partial charge on any atom is -0.449 e. The summed E-state index contributed by atoms with van der Waals surface area (Å²) < 4.78 is 5.31. The van der Waals surface area contributed by atoms with Crippen molar-refractivity contribution < 1.29 is 14.3 Å². The van der Waals surface area contributed by atoms with Crippen LogP contribution in [0.5, 0.6) is 0 Å². The largest absolute Gasteiger partial charge is 0.449 e. The van der Waals surface area contributed by atoms with Crippen LogP contribution in [0, 0.1) is 0 Å². The summed E-state index contributed by atoms with van der Waals surface area (Å²) in [6.07, 6.45) is 1.73. The van der Waals surface area contributed by atoms with Crippen molar-refractivity contribution in [2.75, 3.05) is 23.0 Å². The number of nitrogens with zero attached hydrogens (tertiary/aromatic N) is 1. The zero-order valence-electron chi connectivity index (χ0n) is 19.0. The number of hydrogen-bond donors (Lipinski definition) is 4. The van der Waals surface area contributed by atoms with Gasteiger partial charge in [0.25, 0.3) is 0 Å². The van der Waals surface area contributed by atoms with Crippen LogP contribution in [-0.4, -0.2) is 23.6 Å². The van der Waals surface area contributed by atoms with Gasteiger partial charge in [-0.1, -0.05) is 36.4 Å². The standard InChI is InChI=1S/C27H25N5O3/c28-25-23-9-8-22(15-20(23)10-12-29-25)31-24-19-6-4-17(5-7-19)11-13-35-27(34)32-21-3-1-2-18(14-21)16-30-26(24)33/h1-10,12,14-15,24,31H,11,13,16H2,(H2,28,29)(H,30,33)(H,32,34)/t24-/m1/s1. The van der Waals surface area contributed by atoms with Crippen molar-refractivity contribution in [1.29, 1.82) is 0 Å². The molecule has 2 amide bonds. The number of nitrogens with two attached hydrogens (primary N) is 1. The molecule has 176 valence electrons. The molecule has 3 heterocycles. The van der Waals surface area contributed by atoms with Crippen LogP contribution in [-0.2, 0) is 22.5 Å². The van der Waals surface area contributed by atoms with Crippen molar-refractivity contribution >= 4 is 40.0 Å². The maximum Gasteiger partial charge on any atom is 0.411 e. The Kier molecular flexibility index (Phi) is 6.17. The lowest BCUT2D eigenvalue weighted by Crippen LogP contribution is -2.33. The highest BCUT2D eigenvalue weighted by molar-refractivity contribution is 5.94. The highest BCUT2D eigenvalue weighted by Crippen LogP contribution is 2.26. The maximum atomic E-state index is 13.4. The average Bonchev–Trinajstić information content (AvgIpc) is 2.86. The van der Waals surface area contributed by atoms with Gasteiger partial charge in [-0.3, -0.25) is 10.1 Å². The Bertz CT molecular complexity index is 1390. The molecule has 0 spiro atoms. The van der Waals surface area contributed by atoms with Crippen molar-refractivity contribution in [3.05, 3.63) is 95.7 Å². The lowest BCUT2D eigenvalue weighted by atomic mass is 10.0. The molecule has 3 aromatic carbocycles. The van der Waals surface area contributed by atoms with Crippen LogP contribution in [0.2, 0.25) is 0 Å². The first-order valence-electron chi connectivity index (χ1n) is 11.4.